The molecule has 6 nitrogen and oxygen atoms in total. The van der Waals surface area contributed by atoms with Crippen LogP contribution in [-0.2, 0) is 16.0 Å². The topological polar surface area (TPSA) is 84.9 Å². The normalized spacial score (nSPS) is 22.4. The lowest BCUT2D eigenvalue weighted by molar-refractivity contribution is -0.140. The molecule has 1 heterocycles. The lowest BCUT2D eigenvalue weighted by atomic mass is 10.1. The molecular weight excluding hydrogens is 262 g/mol. The fourth-order valence-electron chi connectivity index (χ4n) is 2.32. The van der Waals surface area contributed by atoms with Crippen molar-refractivity contribution in [3.05, 3.63) is 23.8 Å². The molecule has 0 unspecified atom stereocenters. The molecule has 2 aliphatic rings. The molecule has 0 saturated heterocycles. The summed E-state index contributed by atoms with van der Waals surface area (Å²) in [5.41, 5.74) is 1.04. The van der Waals surface area contributed by atoms with Gasteiger partial charge in [-0.05, 0) is 30.5 Å². The maximum Gasteiger partial charge on any atom is 0.307 e. The average Bonchev–Trinajstić information content (AvgIpc) is 3.10. The number of nitrogens with one attached hydrogen (secondary N) is 1. The van der Waals surface area contributed by atoms with Crippen molar-refractivity contribution in [3.8, 4) is 11.5 Å². The number of rotatable bonds is 5. The Hall–Kier alpha value is -2.24. The van der Waals surface area contributed by atoms with Crippen LogP contribution in [0.2, 0.25) is 0 Å². The minimum Gasteiger partial charge on any atom is -0.481 e. The van der Waals surface area contributed by atoms with Gasteiger partial charge in [-0.1, -0.05) is 6.07 Å². The van der Waals surface area contributed by atoms with Crippen LogP contribution in [0.4, 0.5) is 0 Å². The van der Waals surface area contributed by atoms with Gasteiger partial charge in [0.15, 0.2) is 11.5 Å². The van der Waals surface area contributed by atoms with Crippen LogP contribution in [0.15, 0.2) is 18.2 Å². The summed E-state index contributed by atoms with van der Waals surface area (Å²) in [6, 6.07) is 5.67. The summed E-state index contributed by atoms with van der Waals surface area (Å²) in [5.74, 6) is -0.453. The Kier molecular flexibility index (Phi) is 3.22. The second-order valence-corrected chi connectivity index (χ2v) is 5.02. The summed E-state index contributed by atoms with van der Waals surface area (Å²) in [7, 11) is 0. The van der Waals surface area contributed by atoms with Gasteiger partial charge in [0, 0.05) is 6.54 Å². The van der Waals surface area contributed by atoms with E-state index in [9.17, 15) is 9.59 Å². The number of amides is 1. The first-order valence-corrected chi connectivity index (χ1v) is 6.54. The minimum absolute atomic E-state index is 0.168. The van der Waals surface area contributed by atoms with Gasteiger partial charge in [0.25, 0.3) is 0 Å². The second-order valence-electron chi connectivity index (χ2n) is 5.02. The van der Waals surface area contributed by atoms with Crippen LogP contribution in [0.25, 0.3) is 0 Å². The van der Waals surface area contributed by atoms with Crippen molar-refractivity contribution >= 4 is 11.9 Å². The van der Waals surface area contributed by atoms with Gasteiger partial charge in [0.05, 0.1) is 11.8 Å². The third kappa shape index (κ3) is 2.54. The van der Waals surface area contributed by atoms with E-state index in [2.05, 4.69) is 5.32 Å². The molecular formula is C14H15NO5. The molecule has 1 fully saturated rings. The Morgan fingerprint density at radius 3 is 2.80 bits per heavy atom. The van der Waals surface area contributed by atoms with E-state index in [1.165, 1.54) is 0 Å². The Morgan fingerprint density at radius 2 is 2.05 bits per heavy atom. The number of benzene rings is 1. The number of carbonyl (C=O) groups excluding carboxylic acids is 1. The number of aliphatic carboxylic acids is 1. The summed E-state index contributed by atoms with van der Waals surface area (Å²) >= 11 is 0. The zero-order valence-electron chi connectivity index (χ0n) is 10.8. The molecule has 3 rings (SSSR count). The number of carboxylic acids is 1. The predicted octanol–water partition coefficient (Wildman–Crippen LogP) is 0.795. The fraction of sp³-hybridized carbons (Fsp3) is 0.429. The molecule has 1 aliphatic carbocycles. The van der Waals surface area contributed by atoms with Crippen LogP contribution < -0.4 is 14.8 Å². The van der Waals surface area contributed by atoms with Gasteiger partial charge >= 0.3 is 5.97 Å². The maximum absolute atomic E-state index is 11.7. The summed E-state index contributed by atoms with van der Waals surface area (Å²) in [4.78, 5) is 22.4. The van der Waals surface area contributed by atoms with Crippen LogP contribution in [0.3, 0.4) is 0 Å². The standard InChI is InChI=1S/C14H15NO5/c16-13(9-6-10(9)14(17)18)15-4-3-8-1-2-11-12(5-8)20-7-19-11/h1-2,5,9-10H,3-4,6-7H2,(H,15,16)(H,17,18)/t9-,10-/m1/s1. The lowest BCUT2D eigenvalue weighted by Gasteiger charge is -2.05. The van der Waals surface area contributed by atoms with Gasteiger partial charge in [0.2, 0.25) is 12.7 Å². The highest BCUT2D eigenvalue weighted by Crippen LogP contribution is 2.38. The Balaban J connectivity index is 1.46. The van der Waals surface area contributed by atoms with E-state index in [1.807, 2.05) is 18.2 Å². The minimum atomic E-state index is -0.888. The first-order chi connectivity index (χ1) is 9.65. The van der Waals surface area contributed by atoms with Gasteiger partial charge in [-0.25, -0.2) is 0 Å². The van der Waals surface area contributed by atoms with E-state index in [0.29, 0.717) is 19.4 Å². The molecule has 2 atom stereocenters. The Morgan fingerprint density at radius 1 is 1.25 bits per heavy atom. The smallest absolute Gasteiger partial charge is 0.307 e. The Bertz CT molecular complexity index is 556. The van der Waals surface area contributed by atoms with Gasteiger partial charge in [-0.3, -0.25) is 9.59 Å². The van der Waals surface area contributed by atoms with Crippen molar-refractivity contribution in [1.82, 2.24) is 5.32 Å². The second kappa shape index (κ2) is 5.03. The van der Waals surface area contributed by atoms with Crippen molar-refractivity contribution in [2.45, 2.75) is 12.8 Å². The molecule has 1 amide bonds. The van der Waals surface area contributed by atoms with E-state index in [0.717, 1.165) is 17.1 Å². The predicted molar refractivity (Wildman–Crippen MR) is 68.5 cm³/mol. The molecule has 106 valence electrons. The number of ether oxygens (including phenoxy) is 2. The average molecular weight is 277 g/mol. The molecule has 6 heteroatoms. The zero-order chi connectivity index (χ0) is 14.1. The Labute approximate surface area is 115 Å². The van der Waals surface area contributed by atoms with E-state index in [-0.39, 0.29) is 18.6 Å². The fourth-order valence-corrected chi connectivity index (χ4v) is 2.32. The molecule has 0 radical (unpaired) electrons. The van der Waals surface area contributed by atoms with Crippen LogP contribution in [0, 0.1) is 11.8 Å². The van der Waals surface area contributed by atoms with Crippen LogP contribution in [0.5, 0.6) is 11.5 Å². The van der Waals surface area contributed by atoms with E-state index in [4.69, 9.17) is 14.6 Å². The first kappa shape index (κ1) is 12.8. The van der Waals surface area contributed by atoms with E-state index < -0.39 is 11.9 Å². The lowest BCUT2D eigenvalue weighted by Crippen LogP contribution is -2.28. The summed E-state index contributed by atoms with van der Waals surface area (Å²) in [6.07, 6.45) is 1.12. The molecule has 1 aliphatic heterocycles. The monoisotopic (exact) mass is 277 g/mol. The summed E-state index contributed by atoms with van der Waals surface area (Å²) in [6.45, 7) is 0.731. The molecule has 0 spiro atoms. The van der Waals surface area contributed by atoms with Gasteiger partial charge < -0.3 is 19.9 Å². The molecule has 2 N–H and O–H groups in total. The van der Waals surface area contributed by atoms with E-state index in [1.54, 1.807) is 0 Å². The van der Waals surface area contributed by atoms with Crippen molar-refractivity contribution in [1.29, 1.82) is 0 Å². The van der Waals surface area contributed by atoms with Gasteiger partial charge in [-0.2, -0.15) is 0 Å². The molecule has 1 aromatic rings. The number of carbonyl (C=O) groups is 2. The zero-order valence-corrected chi connectivity index (χ0v) is 10.8. The van der Waals surface area contributed by atoms with Crippen molar-refractivity contribution in [3.63, 3.8) is 0 Å². The highest BCUT2D eigenvalue weighted by molar-refractivity contribution is 5.89. The number of fused-ring (bicyclic) bond motifs is 1. The van der Waals surface area contributed by atoms with Crippen molar-refractivity contribution in [2.24, 2.45) is 11.8 Å². The molecule has 0 aromatic heterocycles. The molecule has 20 heavy (non-hydrogen) atoms. The highest BCUT2D eigenvalue weighted by atomic mass is 16.7. The van der Waals surface area contributed by atoms with E-state index >= 15 is 0 Å². The van der Waals surface area contributed by atoms with Gasteiger partial charge in [0.1, 0.15) is 0 Å². The van der Waals surface area contributed by atoms with Crippen molar-refractivity contribution < 1.29 is 24.2 Å². The number of carboxylic acid groups (broad SMARTS) is 1. The molecule has 1 saturated carbocycles. The van der Waals surface area contributed by atoms with Crippen LogP contribution >= 0.6 is 0 Å². The van der Waals surface area contributed by atoms with Crippen molar-refractivity contribution in [2.75, 3.05) is 13.3 Å². The van der Waals surface area contributed by atoms with Crippen LogP contribution in [0.1, 0.15) is 12.0 Å². The third-order valence-corrected chi connectivity index (χ3v) is 3.59. The largest absolute Gasteiger partial charge is 0.481 e. The number of hydrogen-bond donors (Lipinski definition) is 2. The number of hydrogen-bond acceptors (Lipinski definition) is 4. The molecule has 0 bridgehead atoms. The maximum atomic E-state index is 11.7. The van der Waals surface area contributed by atoms with Crippen LogP contribution in [-0.4, -0.2) is 30.3 Å². The van der Waals surface area contributed by atoms with Gasteiger partial charge in [-0.15, -0.1) is 0 Å². The highest BCUT2D eigenvalue weighted by Gasteiger charge is 2.48. The summed E-state index contributed by atoms with van der Waals surface area (Å²) < 4.78 is 10.5. The third-order valence-electron chi connectivity index (χ3n) is 3.59. The first-order valence-electron chi connectivity index (χ1n) is 6.54. The quantitative estimate of drug-likeness (QED) is 0.831. The SMILES string of the molecule is O=C(O)[C@@H]1C[C@H]1C(=O)NCCc1ccc2c(c1)OCO2. The molecule has 1 aromatic carbocycles. The summed E-state index contributed by atoms with van der Waals surface area (Å²) in [5, 5.41) is 11.5.